The van der Waals surface area contributed by atoms with E-state index >= 15 is 9.59 Å². The molecule has 7 rings (SSSR count). The fourth-order valence-corrected chi connectivity index (χ4v) is 14.2. The molecule has 0 bridgehead atoms. The van der Waals surface area contributed by atoms with Crippen molar-refractivity contribution in [3.63, 3.8) is 0 Å². The van der Waals surface area contributed by atoms with E-state index in [1.165, 1.54) is 180 Å². The van der Waals surface area contributed by atoms with Gasteiger partial charge in [-0.25, -0.2) is 0 Å². The van der Waals surface area contributed by atoms with Crippen LogP contribution in [0.25, 0.3) is 22.3 Å². The summed E-state index contributed by atoms with van der Waals surface area (Å²) in [6.07, 6.45) is 49.7. The number of hydrogen-bond acceptors (Lipinski definition) is 12. The molecule has 0 fully saturated rings. The number of nitrogens with zero attached hydrogens (tertiary/aromatic N) is 2. The molecule has 0 atom stereocenters. The number of carbonyl (C=O) groups is 2. The van der Waals surface area contributed by atoms with Crippen LogP contribution in [0.5, 0.6) is 46.0 Å². The van der Waals surface area contributed by atoms with Crippen LogP contribution in [0.1, 0.15) is 353 Å². The maximum Gasteiger partial charge on any atom is 0.204 e. The van der Waals surface area contributed by atoms with Crippen molar-refractivity contribution < 1.29 is 47.5 Å². The van der Waals surface area contributed by atoms with E-state index in [2.05, 4.69) is 39.8 Å². The third-order valence-electron chi connectivity index (χ3n) is 20.9. The van der Waals surface area contributed by atoms with Gasteiger partial charge >= 0.3 is 0 Å². The number of carbonyl (C=O) groups excluding carboxylic acids is 2. The minimum atomic E-state index is -0.374. The zero-order valence-electron chi connectivity index (χ0n) is 67.1. The second kappa shape index (κ2) is 54.6. The van der Waals surface area contributed by atoms with Crippen LogP contribution >= 0.6 is 0 Å². The Bertz CT molecular complexity index is 3280. The van der Waals surface area contributed by atoms with E-state index < -0.39 is 0 Å². The van der Waals surface area contributed by atoms with Crippen molar-refractivity contribution >= 4 is 11.6 Å². The Kier molecular flexibility index (Phi) is 44.1. The first kappa shape index (κ1) is 87.3. The van der Waals surface area contributed by atoms with Gasteiger partial charge in [0.1, 0.15) is 11.5 Å². The van der Waals surface area contributed by atoms with Gasteiger partial charge in [0.2, 0.25) is 11.5 Å². The summed E-state index contributed by atoms with van der Waals surface area (Å²) in [5.41, 5.74) is 6.03. The third-order valence-corrected chi connectivity index (χ3v) is 20.9. The molecule has 6 aromatic carbocycles. The predicted molar refractivity (Wildman–Crippen MR) is 443 cm³/mol. The number of ether oxygens (including phenoxy) is 8. The highest BCUT2D eigenvalue weighted by Crippen LogP contribution is 2.51. The molecule has 0 amide bonds. The molecule has 0 aliphatic heterocycles. The van der Waals surface area contributed by atoms with E-state index in [9.17, 15) is 10.5 Å². The number of fused-ring (bicyclic) bond motifs is 2. The third kappa shape index (κ3) is 31.9. The van der Waals surface area contributed by atoms with Crippen molar-refractivity contribution in [2.24, 2.45) is 0 Å². The average Bonchev–Trinajstić information content (AvgIpc) is 0.723. The standard InChI is InChI=1S/C96H134N2O10/c1-5-9-13-17-21-25-29-33-37-41-67-103-87-73-85-89(95(93(87)105-69-43-39-35-31-27-23-19-15-11-7-3)107-71-47-45-65-101-83-61-57-81(58-62-83)79-53-49-77(75-97)50-54-79)92(100)86-74-88(104-68-42-38-34-30-26-22-18-14-10-6-2)94(106-70-44-40-36-32-28-24-20-16-12-8-4)96(90(86)91(85)99)108-72-48-46-66-102-84-63-59-82(60-64-84)80-55-51-78(76-98)52-56-80/h49-64,73-74H,5-48,65-72H2,1-4H3. The van der Waals surface area contributed by atoms with Crippen LogP contribution in [0, 0.1) is 22.7 Å². The monoisotopic (exact) mass is 1480 g/mol. The van der Waals surface area contributed by atoms with Crippen molar-refractivity contribution in [1.82, 2.24) is 0 Å². The van der Waals surface area contributed by atoms with Crippen LogP contribution in [-0.2, 0) is 0 Å². The van der Waals surface area contributed by atoms with Crippen molar-refractivity contribution in [3.05, 3.63) is 143 Å². The van der Waals surface area contributed by atoms with Gasteiger partial charge in [-0.2, -0.15) is 10.5 Å². The first-order valence-electron chi connectivity index (χ1n) is 43.1. The Balaban J connectivity index is 1.19. The van der Waals surface area contributed by atoms with E-state index in [-0.39, 0.29) is 58.5 Å². The molecular formula is C96H134N2O10. The number of benzene rings is 6. The fraction of sp³-hybridized carbons (Fsp3) is 0.583. The normalized spacial score (nSPS) is 11.6. The van der Waals surface area contributed by atoms with Crippen molar-refractivity contribution in [2.45, 2.75) is 310 Å². The van der Waals surface area contributed by atoms with Crippen LogP contribution < -0.4 is 37.9 Å². The quantitative estimate of drug-likeness (QED) is 0.0333. The first-order chi connectivity index (χ1) is 53.3. The molecular weight excluding hydrogens is 1340 g/mol. The van der Waals surface area contributed by atoms with Crippen LogP contribution in [0.3, 0.4) is 0 Å². The summed E-state index contributed by atoms with van der Waals surface area (Å²) in [4.78, 5) is 32.3. The number of unbranched alkanes of at least 4 members (excludes halogenated alkanes) is 38. The fourth-order valence-electron chi connectivity index (χ4n) is 14.2. The SMILES string of the molecule is CCCCCCCCCCCCOc1cc2c(c(OCCCCOc3ccc(-c4ccc(C#N)cc4)cc3)c1OCCCCCCCCCCCC)C(=O)c1cc(OCCCCCCCCCCCC)c(OCCCCCCCCCCCC)c(OCCCCOc3ccc(-c4ccc(C#N)cc4)cc3)c1C2=O. The Hall–Kier alpha value is -7.96. The molecule has 0 saturated carbocycles. The average molecular weight is 1480 g/mol. The summed E-state index contributed by atoms with van der Waals surface area (Å²) in [7, 11) is 0. The molecule has 0 radical (unpaired) electrons. The molecule has 108 heavy (non-hydrogen) atoms. The van der Waals surface area contributed by atoms with E-state index in [1.807, 2.05) is 97.1 Å². The van der Waals surface area contributed by atoms with Crippen LogP contribution in [-0.4, -0.2) is 64.4 Å². The molecule has 0 unspecified atom stereocenters. The van der Waals surface area contributed by atoms with Gasteiger partial charge in [0, 0.05) is 11.1 Å². The molecule has 12 heteroatoms. The highest BCUT2D eigenvalue weighted by Gasteiger charge is 2.41. The maximum absolute atomic E-state index is 16.2. The minimum Gasteiger partial charge on any atom is -0.494 e. The lowest BCUT2D eigenvalue weighted by atomic mass is 9.82. The predicted octanol–water partition coefficient (Wildman–Crippen LogP) is 27.2. The lowest BCUT2D eigenvalue weighted by Crippen LogP contribution is -2.25. The smallest absolute Gasteiger partial charge is 0.204 e. The van der Waals surface area contributed by atoms with Crippen LogP contribution in [0.2, 0.25) is 0 Å². The lowest BCUT2D eigenvalue weighted by Gasteiger charge is -2.27. The van der Waals surface area contributed by atoms with Gasteiger partial charge in [-0.1, -0.05) is 307 Å². The van der Waals surface area contributed by atoms with Gasteiger partial charge in [0.15, 0.2) is 34.6 Å². The Morgan fingerprint density at radius 3 is 0.694 bits per heavy atom. The van der Waals surface area contributed by atoms with Gasteiger partial charge in [-0.05, 0) is 134 Å². The molecule has 0 aromatic heterocycles. The van der Waals surface area contributed by atoms with Gasteiger partial charge < -0.3 is 37.9 Å². The molecule has 6 aromatic rings. The van der Waals surface area contributed by atoms with E-state index in [1.54, 1.807) is 12.1 Å². The second-order valence-electron chi connectivity index (χ2n) is 29.9. The van der Waals surface area contributed by atoms with Gasteiger partial charge in [-0.3, -0.25) is 9.59 Å². The maximum atomic E-state index is 16.2. The topological polar surface area (TPSA) is 156 Å². The van der Waals surface area contributed by atoms with Gasteiger partial charge in [0.05, 0.1) is 87.2 Å². The summed E-state index contributed by atoms with van der Waals surface area (Å²) < 4.78 is 54.0. The highest BCUT2D eigenvalue weighted by atomic mass is 16.6. The number of hydrogen-bond donors (Lipinski definition) is 0. The summed E-state index contributed by atoms with van der Waals surface area (Å²) in [6, 6.07) is 39.0. The largest absolute Gasteiger partial charge is 0.494 e. The Labute approximate surface area is 652 Å². The molecule has 0 heterocycles. The lowest BCUT2D eigenvalue weighted by molar-refractivity contribution is 0.0968. The van der Waals surface area contributed by atoms with Gasteiger partial charge in [-0.15, -0.1) is 0 Å². The zero-order chi connectivity index (χ0) is 76.1. The number of nitriles is 2. The molecule has 588 valence electrons. The zero-order valence-corrected chi connectivity index (χ0v) is 67.1. The van der Waals surface area contributed by atoms with Crippen molar-refractivity contribution in [1.29, 1.82) is 10.5 Å². The summed E-state index contributed by atoms with van der Waals surface area (Å²) in [5.74, 6) is 2.69. The van der Waals surface area contributed by atoms with Crippen LogP contribution in [0.4, 0.5) is 0 Å². The molecule has 1 aliphatic rings. The molecule has 0 N–H and O–H groups in total. The first-order valence-corrected chi connectivity index (χ1v) is 43.1. The summed E-state index contributed by atoms with van der Waals surface area (Å²) >= 11 is 0. The summed E-state index contributed by atoms with van der Waals surface area (Å²) in [5, 5.41) is 18.7. The Morgan fingerprint density at radius 1 is 0.241 bits per heavy atom. The number of ketones is 2. The number of rotatable bonds is 64. The second-order valence-corrected chi connectivity index (χ2v) is 29.9. The van der Waals surface area contributed by atoms with E-state index in [0.717, 1.165) is 111 Å². The van der Waals surface area contributed by atoms with Crippen molar-refractivity contribution in [2.75, 3.05) is 52.9 Å². The molecule has 0 spiro atoms. The molecule has 12 nitrogen and oxygen atoms in total. The molecule has 1 aliphatic carbocycles. The minimum absolute atomic E-state index is 0.156. The highest BCUT2D eigenvalue weighted by molar-refractivity contribution is 6.31. The Morgan fingerprint density at radius 2 is 0.444 bits per heavy atom. The van der Waals surface area contributed by atoms with E-state index in [0.29, 0.717) is 99.4 Å². The van der Waals surface area contributed by atoms with Crippen LogP contribution in [0.15, 0.2) is 109 Å². The van der Waals surface area contributed by atoms with E-state index in [4.69, 9.17) is 37.9 Å². The summed E-state index contributed by atoms with van der Waals surface area (Å²) in [6.45, 7) is 12.0. The van der Waals surface area contributed by atoms with Gasteiger partial charge in [0.25, 0.3) is 0 Å². The van der Waals surface area contributed by atoms with Crippen molar-refractivity contribution in [3.8, 4) is 80.4 Å². The molecule has 0 saturated heterocycles.